The Labute approximate surface area is 112 Å². The number of hydrogen-bond acceptors (Lipinski definition) is 4. The summed E-state index contributed by atoms with van der Waals surface area (Å²) >= 11 is 0. The van der Waals surface area contributed by atoms with E-state index in [4.69, 9.17) is 5.11 Å². The first-order valence-corrected chi connectivity index (χ1v) is 6.16. The molecule has 0 aliphatic rings. The van der Waals surface area contributed by atoms with Gasteiger partial charge in [0.1, 0.15) is 12.6 Å². The van der Waals surface area contributed by atoms with Crippen LogP contribution in [0.5, 0.6) is 0 Å². The number of ether oxygens (including phenoxy) is 1. The van der Waals surface area contributed by atoms with Crippen molar-refractivity contribution in [3.63, 3.8) is 0 Å². The highest BCUT2D eigenvalue weighted by Gasteiger charge is 2.23. The molecule has 0 saturated heterocycles. The van der Waals surface area contributed by atoms with Crippen molar-refractivity contribution in [1.29, 1.82) is 0 Å². The van der Waals surface area contributed by atoms with Gasteiger partial charge in [-0.1, -0.05) is 13.8 Å². The number of nitrogens with zero attached hydrogens (tertiary/aromatic N) is 1. The van der Waals surface area contributed by atoms with Crippen LogP contribution in [0.2, 0.25) is 0 Å². The third kappa shape index (κ3) is 6.64. The van der Waals surface area contributed by atoms with E-state index >= 15 is 0 Å². The molecular formula is C12H22N2O5. The molecule has 0 aliphatic heterocycles. The van der Waals surface area contributed by atoms with Gasteiger partial charge in [-0.15, -0.1) is 0 Å². The Hall–Kier alpha value is -1.79. The van der Waals surface area contributed by atoms with Gasteiger partial charge in [-0.2, -0.15) is 0 Å². The number of amides is 2. The summed E-state index contributed by atoms with van der Waals surface area (Å²) in [6, 6.07) is -0.941. The van der Waals surface area contributed by atoms with Gasteiger partial charge in [-0.05, 0) is 19.3 Å². The number of carboxylic acids is 1. The zero-order valence-electron chi connectivity index (χ0n) is 11.8. The van der Waals surface area contributed by atoms with E-state index in [9.17, 15) is 14.4 Å². The van der Waals surface area contributed by atoms with E-state index in [1.165, 1.54) is 12.0 Å². The minimum absolute atomic E-state index is 0.143. The number of aliphatic carboxylic acids is 1. The van der Waals surface area contributed by atoms with Crippen molar-refractivity contribution < 1.29 is 24.2 Å². The van der Waals surface area contributed by atoms with Gasteiger partial charge in [0.2, 0.25) is 5.91 Å². The van der Waals surface area contributed by atoms with Crippen LogP contribution in [0.1, 0.15) is 27.2 Å². The molecule has 0 saturated carbocycles. The molecule has 0 rings (SSSR count). The predicted octanol–water partition coefficient (Wildman–Crippen LogP) is 0.690. The fourth-order valence-electron chi connectivity index (χ4n) is 1.54. The zero-order valence-corrected chi connectivity index (χ0v) is 11.8. The van der Waals surface area contributed by atoms with Crippen LogP contribution in [0.15, 0.2) is 0 Å². The minimum atomic E-state index is -1.08. The van der Waals surface area contributed by atoms with Gasteiger partial charge in [0.25, 0.3) is 0 Å². The van der Waals surface area contributed by atoms with Gasteiger partial charge in [0.05, 0.1) is 7.11 Å². The van der Waals surface area contributed by atoms with Crippen LogP contribution in [0.3, 0.4) is 0 Å². The van der Waals surface area contributed by atoms with E-state index in [2.05, 4.69) is 10.1 Å². The molecule has 0 aromatic rings. The molecule has 0 fully saturated rings. The number of carboxylic acid groups (broad SMARTS) is 1. The van der Waals surface area contributed by atoms with Crippen molar-refractivity contribution in [2.45, 2.75) is 33.2 Å². The lowest BCUT2D eigenvalue weighted by Gasteiger charge is -2.21. The molecule has 1 atom stereocenters. The number of carbonyl (C=O) groups is 3. The standard InChI is InChI=1S/C12H22N2O5/c1-5-14(12(18)19-4)7-10(15)13-9(11(16)17)6-8(2)3/h8-9H,5-7H2,1-4H3,(H,13,15)(H,16,17). The summed E-state index contributed by atoms with van der Waals surface area (Å²) in [7, 11) is 1.22. The van der Waals surface area contributed by atoms with Crippen LogP contribution in [0.25, 0.3) is 0 Å². The van der Waals surface area contributed by atoms with Gasteiger partial charge < -0.3 is 15.2 Å². The van der Waals surface area contributed by atoms with Crippen molar-refractivity contribution in [2.24, 2.45) is 5.92 Å². The first-order chi connectivity index (χ1) is 8.81. The van der Waals surface area contributed by atoms with E-state index in [-0.39, 0.29) is 12.5 Å². The maximum absolute atomic E-state index is 11.7. The maximum atomic E-state index is 11.7. The Bertz CT molecular complexity index is 330. The molecule has 2 amide bonds. The monoisotopic (exact) mass is 274 g/mol. The topological polar surface area (TPSA) is 95.9 Å². The SMILES string of the molecule is CCN(CC(=O)NC(CC(C)C)C(=O)O)C(=O)OC. The third-order valence-electron chi connectivity index (χ3n) is 2.49. The van der Waals surface area contributed by atoms with E-state index in [1.807, 2.05) is 13.8 Å². The minimum Gasteiger partial charge on any atom is -0.480 e. The fourth-order valence-corrected chi connectivity index (χ4v) is 1.54. The van der Waals surface area contributed by atoms with Crippen molar-refractivity contribution in [1.82, 2.24) is 10.2 Å². The molecule has 0 aromatic carbocycles. The van der Waals surface area contributed by atoms with Crippen LogP contribution in [-0.2, 0) is 14.3 Å². The lowest BCUT2D eigenvalue weighted by atomic mass is 10.0. The number of methoxy groups -OCH3 is 1. The highest BCUT2D eigenvalue weighted by molar-refractivity contribution is 5.86. The molecule has 0 aliphatic carbocycles. The Kier molecular flexibility index (Phi) is 7.55. The molecule has 2 N–H and O–H groups in total. The van der Waals surface area contributed by atoms with E-state index in [0.29, 0.717) is 13.0 Å². The Morgan fingerprint density at radius 1 is 1.32 bits per heavy atom. The van der Waals surface area contributed by atoms with Crippen LogP contribution < -0.4 is 5.32 Å². The molecule has 19 heavy (non-hydrogen) atoms. The lowest BCUT2D eigenvalue weighted by molar-refractivity contribution is -0.142. The van der Waals surface area contributed by atoms with Crippen molar-refractivity contribution in [2.75, 3.05) is 20.2 Å². The molecule has 7 nitrogen and oxygen atoms in total. The van der Waals surface area contributed by atoms with Crippen molar-refractivity contribution in [3.05, 3.63) is 0 Å². The molecule has 7 heteroatoms. The Balaban J connectivity index is 4.48. The summed E-state index contributed by atoms with van der Waals surface area (Å²) in [5.74, 6) is -1.45. The van der Waals surface area contributed by atoms with Gasteiger partial charge in [0.15, 0.2) is 0 Å². The van der Waals surface area contributed by atoms with Crippen molar-refractivity contribution in [3.8, 4) is 0 Å². The summed E-state index contributed by atoms with van der Waals surface area (Å²) in [5.41, 5.74) is 0. The fraction of sp³-hybridized carbons (Fsp3) is 0.750. The summed E-state index contributed by atoms with van der Waals surface area (Å²) in [6.07, 6.45) is -0.279. The van der Waals surface area contributed by atoms with Gasteiger partial charge in [-0.25, -0.2) is 9.59 Å². The van der Waals surface area contributed by atoms with Crippen LogP contribution in [0, 0.1) is 5.92 Å². The average molecular weight is 274 g/mol. The quantitative estimate of drug-likeness (QED) is 0.712. The van der Waals surface area contributed by atoms with Crippen molar-refractivity contribution >= 4 is 18.0 Å². The smallest absolute Gasteiger partial charge is 0.409 e. The highest BCUT2D eigenvalue weighted by Crippen LogP contribution is 2.05. The number of hydrogen-bond donors (Lipinski definition) is 2. The second-order valence-corrected chi connectivity index (χ2v) is 4.57. The van der Waals surface area contributed by atoms with Gasteiger partial charge >= 0.3 is 12.1 Å². The zero-order chi connectivity index (χ0) is 15.0. The largest absolute Gasteiger partial charge is 0.480 e. The summed E-state index contributed by atoms with van der Waals surface area (Å²) in [5, 5.41) is 11.4. The first-order valence-electron chi connectivity index (χ1n) is 6.16. The van der Waals surface area contributed by atoms with Crippen LogP contribution in [0.4, 0.5) is 4.79 Å². The summed E-state index contributed by atoms with van der Waals surface area (Å²) in [4.78, 5) is 35.2. The second-order valence-electron chi connectivity index (χ2n) is 4.57. The molecule has 0 heterocycles. The van der Waals surface area contributed by atoms with Gasteiger partial charge in [0, 0.05) is 6.54 Å². The van der Waals surface area contributed by atoms with E-state index < -0.39 is 24.0 Å². The number of carbonyl (C=O) groups excluding carboxylic acids is 2. The lowest BCUT2D eigenvalue weighted by Crippen LogP contribution is -2.47. The molecule has 0 bridgehead atoms. The average Bonchev–Trinajstić information content (AvgIpc) is 2.33. The Morgan fingerprint density at radius 3 is 2.26 bits per heavy atom. The highest BCUT2D eigenvalue weighted by atomic mass is 16.5. The number of nitrogens with one attached hydrogen (secondary N) is 1. The molecular weight excluding hydrogens is 252 g/mol. The Morgan fingerprint density at radius 2 is 1.89 bits per heavy atom. The predicted molar refractivity (Wildman–Crippen MR) is 68.7 cm³/mol. The molecule has 110 valence electrons. The molecule has 0 aromatic heterocycles. The van der Waals surface area contributed by atoms with Gasteiger partial charge in [-0.3, -0.25) is 9.69 Å². The second kappa shape index (κ2) is 8.34. The molecule has 0 spiro atoms. The maximum Gasteiger partial charge on any atom is 0.409 e. The normalized spacial score (nSPS) is 11.8. The number of rotatable bonds is 7. The van der Waals surface area contributed by atoms with E-state index in [0.717, 1.165) is 0 Å². The summed E-state index contributed by atoms with van der Waals surface area (Å²) < 4.78 is 4.51. The first kappa shape index (κ1) is 17.2. The summed E-state index contributed by atoms with van der Waals surface area (Å²) in [6.45, 7) is 5.53. The molecule has 0 radical (unpaired) electrons. The van der Waals surface area contributed by atoms with E-state index in [1.54, 1.807) is 6.92 Å². The van der Waals surface area contributed by atoms with Crippen LogP contribution in [-0.4, -0.2) is 54.2 Å². The third-order valence-corrected chi connectivity index (χ3v) is 2.49. The van der Waals surface area contributed by atoms with Crippen LogP contribution >= 0.6 is 0 Å². The number of likely N-dealkylation sites (N-methyl/N-ethyl adjacent to an activating group) is 1. The molecule has 1 unspecified atom stereocenters.